The maximum absolute atomic E-state index is 13.2. The molecule has 5 nitrogen and oxygen atoms in total. The Bertz CT molecular complexity index is 881. The average Bonchev–Trinajstić information content (AvgIpc) is 3.53. The zero-order chi connectivity index (χ0) is 38.3. The highest BCUT2D eigenvalue weighted by Crippen LogP contribution is 2.20. The highest BCUT2D eigenvalue weighted by atomic mass is 16.2. The van der Waals surface area contributed by atoms with Crippen molar-refractivity contribution in [2.24, 2.45) is 4.99 Å². The number of carbonyl (C=O) groups is 1. The van der Waals surface area contributed by atoms with Gasteiger partial charge in [-0.15, -0.1) is 0 Å². The molecule has 53 heavy (non-hydrogen) atoms. The number of unbranched alkanes of at least 4 members (excludes halogenated alkanes) is 32. The van der Waals surface area contributed by atoms with Crippen LogP contribution in [-0.2, 0) is 4.79 Å². The molecule has 310 valence electrons. The molecule has 1 unspecified atom stereocenters. The fourth-order valence-electron chi connectivity index (χ4n) is 8.34. The molecule has 1 atom stereocenters. The van der Waals surface area contributed by atoms with Crippen LogP contribution in [0.15, 0.2) is 4.99 Å². The van der Waals surface area contributed by atoms with Crippen molar-refractivity contribution >= 4 is 11.7 Å². The van der Waals surface area contributed by atoms with Crippen molar-refractivity contribution in [2.75, 3.05) is 39.8 Å². The molecule has 1 heterocycles. The van der Waals surface area contributed by atoms with Gasteiger partial charge >= 0.3 is 0 Å². The smallest absolute Gasteiger partial charge is 0.222 e. The molecule has 0 aromatic heterocycles. The van der Waals surface area contributed by atoms with E-state index in [2.05, 4.69) is 27.0 Å². The van der Waals surface area contributed by atoms with Gasteiger partial charge in [0, 0.05) is 19.4 Å². The van der Waals surface area contributed by atoms with E-state index in [1.54, 1.807) is 0 Å². The van der Waals surface area contributed by atoms with Crippen molar-refractivity contribution < 1.29 is 9.28 Å². The van der Waals surface area contributed by atoms with Crippen molar-refractivity contribution in [1.82, 2.24) is 4.90 Å². The second-order valence-electron chi connectivity index (χ2n) is 17.2. The molecule has 0 spiro atoms. The van der Waals surface area contributed by atoms with Crippen LogP contribution in [0.5, 0.6) is 0 Å². The molecule has 5 heteroatoms. The number of nitrogens with zero attached hydrogens (tertiary/aromatic N) is 4. The minimum absolute atomic E-state index is 0.249. The number of nitriles is 1. The van der Waals surface area contributed by atoms with Gasteiger partial charge in [-0.05, 0) is 12.8 Å². The Morgan fingerprint density at radius 3 is 1.30 bits per heavy atom. The van der Waals surface area contributed by atoms with Crippen LogP contribution in [0.3, 0.4) is 0 Å². The SMILES string of the molecule is CCCCCCCCCCCCCCCCCCCC(=O)N(CCC#N)CC[N+]1(C)CCN=C1CCCCCCCCCCCCCCCCCCC. The fraction of sp³-hybridized carbons (Fsp3) is 0.938. The predicted octanol–water partition coefficient (Wildman–Crippen LogP) is 14.7. The third-order valence-corrected chi connectivity index (χ3v) is 12.2. The molecule has 0 aliphatic carbocycles. The molecule has 1 rings (SSSR count). The van der Waals surface area contributed by atoms with E-state index in [4.69, 9.17) is 4.99 Å². The van der Waals surface area contributed by atoms with Crippen molar-refractivity contribution in [2.45, 2.75) is 251 Å². The second kappa shape index (κ2) is 37.5. The second-order valence-corrected chi connectivity index (χ2v) is 17.2. The number of amides is 1. The van der Waals surface area contributed by atoms with Crippen LogP contribution in [0.2, 0.25) is 0 Å². The van der Waals surface area contributed by atoms with E-state index in [1.807, 2.05) is 4.90 Å². The Balaban J connectivity index is 2.09. The van der Waals surface area contributed by atoms with Gasteiger partial charge in [0.15, 0.2) is 5.84 Å². The predicted molar refractivity (Wildman–Crippen MR) is 233 cm³/mol. The molecule has 0 bridgehead atoms. The molecule has 0 aromatic carbocycles. The molecule has 0 saturated carbocycles. The first-order valence-electron chi connectivity index (χ1n) is 24.1. The number of rotatable bonds is 41. The first-order chi connectivity index (χ1) is 26.1. The third-order valence-electron chi connectivity index (χ3n) is 12.2. The lowest BCUT2D eigenvalue weighted by atomic mass is 10.0. The van der Waals surface area contributed by atoms with Gasteiger partial charge in [-0.1, -0.05) is 219 Å². The number of carbonyl (C=O) groups excluding carboxylic acids is 1. The Hall–Kier alpha value is -1.41. The van der Waals surface area contributed by atoms with Crippen LogP contribution < -0.4 is 0 Å². The first kappa shape index (κ1) is 49.6. The molecule has 1 aliphatic rings. The van der Waals surface area contributed by atoms with Crippen LogP contribution >= 0.6 is 0 Å². The van der Waals surface area contributed by atoms with Gasteiger partial charge in [0.2, 0.25) is 5.91 Å². The largest absolute Gasteiger partial charge is 0.336 e. The van der Waals surface area contributed by atoms with E-state index < -0.39 is 0 Å². The van der Waals surface area contributed by atoms with Gasteiger partial charge in [-0.2, -0.15) is 5.26 Å². The van der Waals surface area contributed by atoms with Crippen LogP contribution in [0, 0.1) is 11.3 Å². The summed E-state index contributed by atoms with van der Waals surface area (Å²) < 4.78 is 0.883. The Kier molecular flexibility index (Phi) is 35.1. The molecule has 0 aromatic rings. The minimum Gasteiger partial charge on any atom is -0.336 e. The van der Waals surface area contributed by atoms with Gasteiger partial charge in [0.05, 0.1) is 32.6 Å². The summed E-state index contributed by atoms with van der Waals surface area (Å²) in [5, 5.41) is 9.27. The summed E-state index contributed by atoms with van der Waals surface area (Å²) in [5.74, 6) is 1.59. The zero-order valence-electron chi connectivity index (χ0n) is 36.4. The monoisotopic (exact) mass is 742 g/mol. The normalized spacial score (nSPS) is 15.5. The van der Waals surface area contributed by atoms with E-state index in [-0.39, 0.29) is 5.91 Å². The van der Waals surface area contributed by atoms with Gasteiger partial charge in [0.1, 0.15) is 13.1 Å². The lowest BCUT2D eigenvalue weighted by molar-refractivity contribution is -0.814. The number of hydrogen-bond acceptors (Lipinski definition) is 3. The van der Waals surface area contributed by atoms with Gasteiger partial charge in [-0.3, -0.25) is 9.28 Å². The lowest BCUT2D eigenvalue weighted by Crippen LogP contribution is -2.52. The third kappa shape index (κ3) is 29.5. The van der Waals surface area contributed by atoms with E-state index >= 15 is 0 Å². The topological polar surface area (TPSA) is 56.5 Å². The molecule has 1 amide bonds. The summed E-state index contributed by atoms with van der Waals surface area (Å²) in [5.41, 5.74) is 0. The first-order valence-corrected chi connectivity index (χ1v) is 24.1. The summed E-state index contributed by atoms with van der Waals surface area (Å²) in [6.07, 6.45) is 49.0. The molecule has 1 aliphatic heterocycles. The molecular weight excluding hydrogens is 649 g/mol. The number of hydrogen-bond donors (Lipinski definition) is 0. The van der Waals surface area contributed by atoms with Crippen molar-refractivity contribution in [3.8, 4) is 6.07 Å². The number of amidine groups is 1. The average molecular weight is 742 g/mol. The van der Waals surface area contributed by atoms with Gasteiger partial charge in [-0.25, -0.2) is 4.99 Å². The van der Waals surface area contributed by atoms with E-state index in [9.17, 15) is 10.1 Å². The quantitative estimate of drug-likeness (QED) is 0.0463. The Labute approximate surface area is 332 Å². The highest BCUT2D eigenvalue weighted by Gasteiger charge is 2.33. The maximum atomic E-state index is 13.2. The Morgan fingerprint density at radius 2 is 0.925 bits per heavy atom. The maximum Gasteiger partial charge on any atom is 0.222 e. The summed E-state index contributed by atoms with van der Waals surface area (Å²) in [6, 6.07) is 2.28. The molecule has 0 fully saturated rings. The molecule has 0 radical (unpaired) electrons. The van der Waals surface area contributed by atoms with Crippen molar-refractivity contribution in [3.05, 3.63) is 0 Å². The number of aliphatic imine (C=N–C) groups is 1. The summed E-state index contributed by atoms with van der Waals surface area (Å²) >= 11 is 0. The van der Waals surface area contributed by atoms with Crippen molar-refractivity contribution in [1.29, 1.82) is 5.26 Å². The van der Waals surface area contributed by atoms with Crippen LogP contribution in [0.4, 0.5) is 0 Å². The molecule has 0 saturated heterocycles. The minimum atomic E-state index is 0.249. The van der Waals surface area contributed by atoms with Crippen LogP contribution in [-0.4, -0.2) is 60.9 Å². The van der Waals surface area contributed by atoms with Gasteiger partial charge < -0.3 is 4.90 Å². The lowest BCUT2D eigenvalue weighted by Gasteiger charge is -2.33. The number of likely N-dealkylation sites (N-methyl/N-ethyl adjacent to an activating group) is 1. The Morgan fingerprint density at radius 1 is 0.566 bits per heavy atom. The van der Waals surface area contributed by atoms with Crippen LogP contribution in [0.1, 0.15) is 251 Å². The highest BCUT2D eigenvalue weighted by molar-refractivity contribution is 5.77. The van der Waals surface area contributed by atoms with Gasteiger partial charge in [0.25, 0.3) is 0 Å². The zero-order valence-corrected chi connectivity index (χ0v) is 36.4. The summed E-state index contributed by atoms with van der Waals surface area (Å²) in [7, 11) is 2.32. The molecule has 0 N–H and O–H groups in total. The summed E-state index contributed by atoms with van der Waals surface area (Å²) in [6.45, 7) is 8.79. The van der Waals surface area contributed by atoms with E-state index in [0.717, 1.165) is 49.9 Å². The fourth-order valence-corrected chi connectivity index (χ4v) is 8.34. The summed E-state index contributed by atoms with van der Waals surface area (Å²) in [4.78, 5) is 20.2. The standard InChI is InChI=1S/C48H93N4O/c1-4-6-8-10-12-14-16-18-20-22-24-26-28-30-32-34-36-39-47-50-42-45-52(47,3)46-44-51(43-38-41-49)48(53)40-37-35-33-31-29-27-25-23-21-19-17-15-13-11-9-7-5-2/h4-40,42-46H2,1-3H3/q+1. The van der Waals surface area contributed by atoms with Crippen LogP contribution in [0.25, 0.3) is 0 Å². The number of quaternary nitrogens is 1. The van der Waals surface area contributed by atoms with E-state index in [1.165, 1.54) is 211 Å². The van der Waals surface area contributed by atoms with E-state index in [0.29, 0.717) is 19.4 Å². The van der Waals surface area contributed by atoms with Crippen molar-refractivity contribution in [3.63, 3.8) is 0 Å². The molecular formula is C48H93N4O+.